The minimum atomic E-state index is -1.04. The Bertz CT molecular complexity index is 533. The predicted molar refractivity (Wildman–Crippen MR) is 88.2 cm³/mol. The Kier molecular flexibility index (Phi) is 5.93. The summed E-state index contributed by atoms with van der Waals surface area (Å²) >= 11 is 5.06. The Labute approximate surface area is 136 Å². The summed E-state index contributed by atoms with van der Waals surface area (Å²) in [7, 11) is 0. The number of amides is 2. The van der Waals surface area contributed by atoms with Gasteiger partial charge in [0.1, 0.15) is 0 Å². The fourth-order valence-electron chi connectivity index (χ4n) is 2.12. The second-order valence-corrected chi connectivity index (χ2v) is 7.09. The van der Waals surface area contributed by atoms with Gasteiger partial charge >= 0.3 is 12.0 Å². The molecule has 1 aliphatic heterocycles. The summed E-state index contributed by atoms with van der Waals surface area (Å²) in [6.45, 7) is 0.638. The summed E-state index contributed by atoms with van der Waals surface area (Å²) in [6.07, 6.45) is 3.60. The third kappa shape index (κ3) is 4.93. The maximum absolute atomic E-state index is 11.8. The number of carbonyl (C=O) groups excluding carboxylic acids is 1. The predicted octanol–water partition coefficient (Wildman–Crippen LogP) is 3.55. The van der Waals surface area contributed by atoms with Gasteiger partial charge in [-0.1, -0.05) is 6.42 Å². The fourth-order valence-corrected chi connectivity index (χ4v) is 3.77. The number of halogens is 1. The lowest BCUT2D eigenvalue weighted by Gasteiger charge is -2.21. The van der Waals surface area contributed by atoms with E-state index in [0.29, 0.717) is 22.0 Å². The van der Waals surface area contributed by atoms with E-state index < -0.39 is 5.97 Å². The average molecular weight is 373 g/mol. The number of nitrogens with one attached hydrogen (secondary N) is 2. The second-order valence-electron chi connectivity index (χ2n) is 4.82. The quantitative estimate of drug-likeness (QED) is 0.754. The van der Waals surface area contributed by atoms with Crippen LogP contribution in [-0.2, 0) is 0 Å². The minimum absolute atomic E-state index is 0.121. The van der Waals surface area contributed by atoms with Crippen molar-refractivity contribution in [3.63, 3.8) is 0 Å². The first kappa shape index (κ1) is 16.2. The van der Waals surface area contributed by atoms with Crippen molar-refractivity contribution in [1.29, 1.82) is 0 Å². The number of carboxylic acids is 1. The van der Waals surface area contributed by atoms with Crippen molar-refractivity contribution >= 4 is 45.4 Å². The van der Waals surface area contributed by atoms with Gasteiger partial charge in [0, 0.05) is 22.0 Å². The molecule has 0 aliphatic carbocycles. The number of urea groups is 1. The molecule has 1 aliphatic rings. The molecule has 2 amide bonds. The Morgan fingerprint density at radius 2 is 2.19 bits per heavy atom. The van der Waals surface area contributed by atoms with Gasteiger partial charge in [-0.15, -0.1) is 0 Å². The summed E-state index contributed by atoms with van der Waals surface area (Å²) in [4.78, 5) is 22.9. The van der Waals surface area contributed by atoms with Crippen LogP contribution >= 0.6 is 27.7 Å². The minimum Gasteiger partial charge on any atom is -0.478 e. The van der Waals surface area contributed by atoms with E-state index in [1.807, 2.05) is 11.8 Å². The van der Waals surface area contributed by atoms with Crippen LogP contribution in [0, 0.1) is 0 Å². The number of anilines is 1. The second kappa shape index (κ2) is 7.70. The van der Waals surface area contributed by atoms with Crippen LogP contribution in [0.15, 0.2) is 22.7 Å². The Balaban J connectivity index is 1.87. The molecule has 1 saturated heterocycles. The van der Waals surface area contributed by atoms with Crippen LogP contribution in [-0.4, -0.2) is 34.7 Å². The number of benzene rings is 1. The van der Waals surface area contributed by atoms with Crippen molar-refractivity contribution in [2.45, 2.75) is 24.5 Å². The van der Waals surface area contributed by atoms with Crippen LogP contribution in [0.3, 0.4) is 0 Å². The van der Waals surface area contributed by atoms with Gasteiger partial charge in [0.15, 0.2) is 0 Å². The van der Waals surface area contributed by atoms with E-state index in [9.17, 15) is 9.59 Å². The molecule has 1 aromatic rings. The zero-order valence-electron chi connectivity index (χ0n) is 11.4. The van der Waals surface area contributed by atoms with Crippen LogP contribution in [0.4, 0.5) is 10.5 Å². The first-order valence-corrected chi connectivity index (χ1v) is 8.60. The van der Waals surface area contributed by atoms with Crippen LogP contribution in [0.2, 0.25) is 0 Å². The van der Waals surface area contributed by atoms with E-state index in [-0.39, 0.29) is 11.6 Å². The van der Waals surface area contributed by atoms with E-state index in [1.165, 1.54) is 18.9 Å². The molecule has 1 aromatic carbocycles. The number of hydrogen-bond donors (Lipinski definition) is 3. The van der Waals surface area contributed by atoms with Crippen LogP contribution < -0.4 is 10.6 Å². The summed E-state index contributed by atoms with van der Waals surface area (Å²) in [5.41, 5.74) is 0.583. The average Bonchev–Trinajstić information content (AvgIpc) is 2.48. The lowest BCUT2D eigenvalue weighted by molar-refractivity contribution is 0.0696. The third-order valence-electron chi connectivity index (χ3n) is 3.22. The van der Waals surface area contributed by atoms with Gasteiger partial charge in [0.05, 0.1) is 5.56 Å². The fraction of sp³-hybridized carbons (Fsp3) is 0.429. The standard InChI is InChI=1S/C14H17BrN2O3S/c15-12-5-4-9(7-11(12)13(18)19)17-14(20)16-8-10-3-1-2-6-21-10/h4-5,7,10H,1-3,6,8H2,(H,18,19)(H2,16,17,20). The van der Waals surface area contributed by atoms with Crippen molar-refractivity contribution in [1.82, 2.24) is 5.32 Å². The molecule has 1 atom stereocenters. The highest BCUT2D eigenvalue weighted by molar-refractivity contribution is 9.10. The molecule has 0 bridgehead atoms. The van der Waals surface area contributed by atoms with Crippen molar-refractivity contribution in [3.8, 4) is 0 Å². The molecule has 0 aromatic heterocycles. The first-order chi connectivity index (χ1) is 10.1. The molecule has 5 nitrogen and oxygen atoms in total. The first-order valence-electron chi connectivity index (χ1n) is 6.75. The highest BCUT2D eigenvalue weighted by Gasteiger charge is 2.15. The van der Waals surface area contributed by atoms with Gasteiger partial charge in [-0.05, 0) is 52.7 Å². The molecule has 7 heteroatoms. The zero-order chi connectivity index (χ0) is 15.2. The van der Waals surface area contributed by atoms with E-state index in [0.717, 1.165) is 12.2 Å². The molecule has 2 rings (SSSR count). The maximum Gasteiger partial charge on any atom is 0.336 e. The molecule has 0 spiro atoms. The number of carbonyl (C=O) groups is 2. The third-order valence-corrected chi connectivity index (χ3v) is 5.31. The van der Waals surface area contributed by atoms with Crippen molar-refractivity contribution < 1.29 is 14.7 Å². The largest absolute Gasteiger partial charge is 0.478 e. The zero-order valence-corrected chi connectivity index (χ0v) is 13.8. The molecular weight excluding hydrogens is 356 g/mol. The summed E-state index contributed by atoms with van der Waals surface area (Å²) in [6, 6.07) is 4.39. The lowest BCUT2D eigenvalue weighted by Crippen LogP contribution is -2.35. The molecule has 1 fully saturated rings. The Morgan fingerprint density at radius 3 is 2.86 bits per heavy atom. The van der Waals surface area contributed by atoms with Crippen molar-refractivity contribution in [3.05, 3.63) is 28.2 Å². The van der Waals surface area contributed by atoms with Gasteiger partial charge in [-0.2, -0.15) is 11.8 Å². The smallest absolute Gasteiger partial charge is 0.336 e. The van der Waals surface area contributed by atoms with E-state index in [4.69, 9.17) is 5.11 Å². The maximum atomic E-state index is 11.8. The van der Waals surface area contributed by atoms with Gasteiger partial charge in [0.25, 0.3) is 0 Å². The van der Waals surface area contributed by atoms with Crippen LogP contribution in [0.25, 0.3) is 0 Å². The molecule has 1 heterocycles. The summed E-state index contributed by atoms with van der Waals surface area (Å²) < 4.78 is 0.486. The Hall–Kier alpha value is -1.21. The molecule has 1 unspecified atom stereocenters. The highest BCUT2D eigenvalue weighted by atomic mass is 79.9. The number of hydrogen-bond acceptors (Lipinski definition) is 3. The monoisotopic (exact) mass is 372 g/mol. The number of rotatable bonds is 4. The topological polar surface area (TPSA) is 78.4 Å². The normalized spacial score (nSPS) is 18.0. The SMILES string of the molecule is O=C(NCC1CCCCS1)Nc1ccc(Br)c(C(=O)O)c1. The highest BCUT2D eigenvalue weighted by Crippen LogP contribution is 2.24. The molecule has 114 valence electrons. The molecular formula is C14H17BrN2O3S. The van der Waals surface area contributed by atoms with E-state index in [2.05, 4.69) is 26.6 Å². The van der Waals surface area contributed by atoms with Crippen LogP contribution in [0.5, 0.6) is 0 Å². The van der Waals surface area contributed by atoms with E-state index >= 15 is 0 Å². The number of carboxylic acid groups (broad SMARTS) is 1. The van der Waals surface area contributed by atoms with E-state index in [1.54, 1.807) is 12.1 Å². The molecule has 3 N–H and O–H groups in total. The summed E-state index contributed by atoms with van der Waals surface area (Å²) in [5, 5.41) is 15.0. The van der Waals surface area contributed by atoms with Crippen LogP contribution in [0.1, 0.15) is 29.6 Å². The summed E-state index contributed by atoms with van der Waals surface area (Å²) in [5.74, 6) is 0.118. The van der Waals surface area contributed by atoms with Gasteiger partial charge in [-0.3, -0.25) is 0 Å². The van der Waals surface area contributed by atoms with Crippen molar-refractivity contribution in [2.75, 3.05) is 17.6 Å². The van der Waals surface area contributed by atoms with Gasteiger partial charge in [0.2, 0.25) is 0 Å². The molecule has 0 saturated carbocycles. The molecule has 0 radical (unpaired) electrons. The van der Waals surface area contributed by atoms with Crippen molar-refractivity contribution in [2.24, 2.45) is 0 Å². The lowest BCUT2D eigenvalue weighted by atomic mass is 10.2. The Morgan fingerprint density at radius 1 is 1.38 bits per heavy atom. The molecule has 21 heavy (non-hydrogen) atoms. The van der Waals surface area contributed by atoms with Gasteiger partial charge in [-0.25, -0.2) is 9.59 Å². The number of aromatic carboxylic acids is 1. The number of thioether (sulfide) groups is 1. The van der Waals surface area contributed by atoms with Gasteiger partial charge < -0.3 is 15.7 Å².